The van der Waals surface area contributed by atoms with Crippen molar-refractivity contribution in [3.05, 3.63) is 35.4 Å². The molecule has 14 heavy (non-hydrogen) atoms. The molecule has 0 aliphatic heterocycles. The van der Waals surface area contributed by atoms with Crippen LogP contribution in [0, 0.1) is 6.92 Å². The molecule has 0 bridgehead atoms. The van der Waals surface area contributed by atoms with Gasteiger partial charge >= 0.3 is 0 Å². The molecule has 0 aromatic heterocycles. The molecule has 1 aliphatic carbocycles. The van der Waals surface area contributed by atoms with Crippen LogP contribution in [0.25, 0.3) is 0 Å². The van der Waals surface area contributed by atoms with Crippen LogP contribution in [0.5, 0.6) is 0 Å². The summed E-state index contributed by atoms with van der Waals surface area (Å²) in [5.74, 6) is 0. The second kappa shape index (κ2) is 2.81. The molecule has 0 unspecified atom stereocenters. The fourth-order valence-electron chi connectivity index (χ4n) is 2.40. The van der Waals surface area contributed by atoms with E-state index in [0.717, 1.165) is 5.56 Å². The van der Waals surface area contributed by atoms with E-state index in [4.69, 9.17) is 5.73 Å². The minimum absolute atomic E-state index is 0.308. The Labute approximate surface area is 84.7 Å². The molecule has 3 N–H and O–H groups in total. The molecule has 1 aromatic rings. The molecule has 0 radical (unpaired) electrons. The summed E-state index contributed by atoms with van der Waals surface area (Å²) in [5, 5.41) is 9.68. The van der Waals surface area contributed by atoms with E-state index in [0.29, 0.717) is 12.8 Å². The Hall–Kier alpha value is -0.860. The van der Waals surface area contributed by atoms with Gasteiger partial charge in [0.05, 0.1) is 5.60 Å². The molecule has 1 aromatic carbocycles. The van der Waals surface area contributed by atoms with Crippen molar-refractivity contribution in [3.63, 3.8) is 0 Å². The Kier molecular flexibility index (Phi) is 1.95. The molecular formula is C12H17NO. The van der Waals surface area contributed by atoms with E-state index in [1.165, 1.54) is 5.56 Å². The van der Waals surface area contributed by atoms with E-state index in [1.54, 1.807) is 0 Å². The zero-order valence-electron chi connectivity index (χ0n) is 8.75. The quantitative estimate of drug-likeness (QED) is 0.709. The van der Waals surface area contributed by atoms with Crippen molar-refractivity contribution < 1.29 is 5.11 Å². The minimum Gasteiger partial charge on any atom is -0.390 e. The molecule has 0 saturated heterocycles. The maximum absolute atomic E-state index is 9.68. The Bertz CT molecular complexity index is 332. The van der Waals surface area contributed by atoms with Crippen LogP contribution >= 0.6 is 0 Å². The van der Waals surface area contributed by atoms with Gasteiger partial charge in [0.25, 0.3) is 0 Å². The van der Waals surface area contributed by atoms with Crippen molar-refractivity contribution >= 4 is 0 Å². The summed E-state index contributed by atoms with van der Waals surface area (Å²) in [5.41, 5.74) is 7.68. The summed E-state index contributed by atoms with van der Waals surface area (Å²) in [6.45, 7) is 3.90. The van der Waals surface area contributed by atoms with Crippen molar-refractivity contribution in [2.45, 2.75) is 37.8 Å². The van der Waals surface area contributed by atoms with Crippen LogP contribution in [0.1, 0.15) is 30.9 Å². The number of aliphatic hydroxyl groups is 1. The lowest BCUT2D eigenvalue weighted by Crippen LogP contribution is -2.58. The highest BCUT2D eigenvalue weighted by Crippen LogP contribution is 2.45. The predicted molar refractivity (Wildman–Crippen MR) is 56.9 cm³/mol. The standard InChI is InChI=1S/C12H17NO/c1-9-3-5-10(6-4-9)12(13)7-11(2,14)8-12/h3-6,14H,7-8,13H2,1-2H3. The molecule has 2 nitrogen and oxygen atoms in total. The Morgan fingerprint density at radius 3 is 2.14 bits per heavy atom. The van der Waals surface area contributed by atoms with Crippen LogP contribution in [0.2, 0.25) is 0 Å². The number of hydrogen-bond acceptors (Lipinski definition) is 2. The van der Waals surface area contributed by atoms with Crippen molar-refractivity contribution in [2.75, 3.05) is 0 Å². The first-order valence-electron chi connectivity index (χ1n) is 5.00. The smallest absolute Gasteiger partial charge is 0.0661 e. The van der Waals surface area contributed by atoms with Gasteiger partial charge in [-0.2, -0.15) is 0 Å². The second-order valence-corrected chi connectivity index (χ2v) is 4.87. The largest absolute Gasteiger partial charge is 0.390 e. The summed E-state index contributed by atoms with van der Waals surface area (Å²) < 4.78 is 0. The molecule has 1 aliphatic rings. The third-order valence-electron chi connectivity index (χ3n) is 3.02. The van der Waals surface area contributed by atoms with Crippen molar-refractivity contribution in [1.82, 2.24) is 0 Å². The van der Waals surface area contributed by atoms with Gasteiger partial charge in [0.15, 0.2) is 0 Å². The summed E-state index contributed by atoms with van der Waals surface area (Å²) in [6.07, 6.45) is 1.31. The molecule has 0 heterocycles. The fraction of sp³-hybridized carbons (Fsp3) is 0.500. The van der Waals surface area contributed by atoms with Crippen LogP contribution in [-0.4, -0.2) is 10.7 Å². The highest BCUT2D eigenvalue weighted by atomic mass is 16.3. The van der Waals surface area contributed by atoms with E-state index < -0.39 is 5.60 Å². The van der Waals surface area contributed by atoms with E-state index in [9.17, 15) is 5.11 Å². The summed E-state index contributed by atoms with van der Waals surface area (Å²) >= 11 is 0. The summed E-state index contributed by atoms with van der Waals surface area (Å²) in [7, 11) is 0. The van der Waals surface area contributed by atoms with Crippen molar-refractivity contribution in [2.24, 2.45) is 5.73 Å². The highest BCUT2D eigenvalue weighted by molar-refractivity contribution is 5.31. The van der Waals surface area contributed by atoms with E-state index >= 15 is 0 Å². The number of nitrogens with two attached hydrogens (primary N) is 1. The number of rotatable bonds is 1. The van der Waals surface area contributed by atoms with E-state index in [2.05, 4.69) is 31.2 Å². The molecule has 0 amide bonds. The van der Waals surface area contributed by atoms with Gasteiger partial charge < -0.3 is 10.8 Å². The topological polar surface area (TPSA) is 46.2 Å². The first-order valence-corrected chi connectivity index (χ1v) is 5.00. The second-order valence-electron chi connectivity index (χ2n) is 4.87. The SMILES string of the molecule is Cc1ccc(C2(N)CC(C)(O)C2)cc1. The zero-order valence-corrected chi connectivity index (χ0v) is 8.75. The predicted octanol–water partition coefficient (Wildman–Crippen LogP) is 1.69. The van der Waals surface area contributed by atoms with Crippen molar-refractivity contribution in [3.8, 4) is 0 Å². The normalized spacial score (nSPS) is 36.6. The van der Waals surface area contributed by atoms with Crippen LogP contribution in [0.15, 0.2) is 24.3 Å². The summed E-state index contributed by atoms with van der Waals surface area (Å²) in [4.78, 5) is 0. The molecule has 76 valence electrons. The van der Waals surface area contributed by atoms with Gasteiger partial charge in [-0.1, -0.05) is 29.8 Å². The molecule has 2 heteroatoms. The molecule has 0 spiro atoms. The molecule has 1 saturated carbocycles. The lowest BCUT2D eigenvalue weighted by Gasteiger charge is -2.49. The average molecular weight is 191 g/mol. The maximum atomic E-state index is 9.68. The van der Waals surface area contributed by atoms with Gasteiger partial charge in [0.1, 0.15) is 0 Å². The zero-order chi connectivity index (χ0) is 10.4. The van der Waals surface area contributed by atoms with Gasteiger partial charge in [-0.25, -0.2) is 0 Å². The van der Waals surface area contributed by atoms with Crippen LogP contribution < -0.4 is 5.73 Å². The summed E-state index contributed by atoms with van der Waals surface area (Å²) in [6, 6.07) is 8.25. The number of hydrogen-bond donors (Lipinski definition) is 2. The minimum atomic E-state index is -0.570. The fourth-order valence-corrected chi connectivity index (χ4v) is 2.40. The van der Waals surface area contributed by atoms with Gasteiger partial charge in [0, 0.05) is 5.54 Å². The lowest BCUT2D eigenvalue weighted by atomic mass is 9.63. The van der Waals surface area contributed by atoms with E-state index in [1.807, 2.05) is 6.92 Å². The van der Waals surface area contributed by atoms with Gasteiger partial charge in [-0.05, 0) is 32.3 Å². The lowest BCUT2D eigenvalue weighted by molar-refractivity contribution is -0.0738. The third-order valence-corrected chi connectivity index (χ3v) is 3.02. The molecular weight excluding hydrogens is 174 g/mol. The highest BCUT2D eigenvalue weighted by Gasteiger charge is 2.49. The molecule has 0 atom stereocenters. The Balaban J connectivity index is 2.21. The van der Waals surface area contributed by atoms with Crippen LogP contribution in [0.4, 0.5) is 0 Å². The van der Waals surface area contributed by atoms with Gasteiger partial charge in [-0.3, -0.25) is 0 Å². The monoisotopic (exact) mass is 191 g/mol. The first kappa shape index (κ1) is 9.69. The third kappa shape index (κ3) is 1.56. The van der Waals surface area contributed by atoms with Crippen LogP contribution in [0.3, 0.4) is 0 Å². The maximum Gasteiger partial charge on any atom is 0.0661 e. The van der Waals surface area contributed by atoms with Crippen molar-refractivity contribution in [1.29, 1.82) is 0 Å². The van der Waals surface area contributed by atoms with Crippen LogP contribution in [-0.2, 0) is 5.54 Å². The van der Waals surface area contributed by atoms with Gasteiger partial charge in [0.2, 0.25) is 0 Å². The Morgan fingerprint density at radius 1 is 1.21 bits per heavy atom. The molecule has 2 rings (SSSR count). The average Bonchev–Trinajstić information content (AvgIpc) is 2.01. The number of aryl methyl sites for hydroxylation is 1. The molecule has 1 fully saturated rings. The van der Waals surface area contributed by atoms with E-state index in [-0.39, 0.29) is 5.54 Å². The van der Waals surface area contributed by atoms with Gasteiger partial charge in [-0.15, -0.1) is 0 Å². The Morgan fingerprint density at radius 2 is 1.71 bits per heavy atom. The first-order chi connectivity index (χ1) is 6.41. The number of benzene rings is 1.